The molecule has 108 valence electrons. The molecule has 0 saturated heterocycles. The van der Waals surface area contributed by atoms with Crippen molar-refractivity contribution in [3.63, 3.8) is 0 Å². The lowest BCUT2D eigenvalue weighted by molar-refractivity contribution is 0.350. The third-order valence-electron chi connectivity index (χ3n) is 2.48. The summed E-state index contributed by atoms with van der Waals surface area (Å²) in [6, 6.07) is 4.58. The number of aromatic nitrogens is 2. The number of aryl methyl sites for hydroxylation is 1. The molecule has 2 aromatic heterocycles. The summed E-state index contributed by atoms with van der Waals surface area (Å²) >= 11 is 0. The molecule has 0 amide bonds. The molecular weight excluding hydrogens is 290 g/mol. The van der Waals surface area contributed by atoms with Gasteiger partial charge in [-0.25, -0.2) is 8.42 Å². The predicted octanol–water partition coefficient (Wildman–Crippen LogP) is 0.930. The SMILES string of the molecule is Cc1cc(NS(=O)(=O)c2cncc(C#CCO)c2)ccn1. The second kappa shape index (κ2) is 6.35. The second-order valence-electron chi connectivity index (χ2n) is 4.16. The molecule has 0 saturated carbocycles. The van der Waals surface area contributed by atoms with Crippen molar-refractivity contribution in [3.05, 3.63) is 48.0 Å². The van der Waals surface area contributed by atoms with Crippen LogP contribution in [-0.2, 0) is 10.0 Å². The Kier molecular flexibility index (Phi) is 4.52. The van der Waals surface area contributed by atoms with E-state index in [1.807, 2.05) is 0 Å². The van der Waals surface area contributed by atoms with Gasteiger partial charge in [-0.2, -0.15) is 0 Å². The van der Waals surface area contributed by atoms with Gasteiger partial charge in [-0.3, -0.25) is 14.7 Å². The molecule has 0 fully saturated rings. The maximum absolute atomic E-state index is 12.3. The smallest absolute Gasteiger partial charge is 0.263 e. The summed E-state index contributed by atoms with van der Waals surface area (Å²) < 4.78 is 27.0. The summed E-state index contributed by atoms with van der Waals surface area (Å²) in [6.07, 6.45) is 4.19. The van der Waals surface area contributed by atoms with Crippen LogP contribution in [0, 0.1) is 18.8 Å². The molecule has 21 heavy (non-hydrogen) atoms. The van der Waals surface area contributed by atoms with Crippen LogP contribution in [0.25, 0.3) is 0 Å². The average molecular weight is 303 g/mol. The molecule has 0 aliphatic carbocycles. The normalized spacial score (nSPS) is 10.6. The van der Waals surface area contributed by atoms with Crippen molar-refractivity contribution < 1.29 is 13.5 Å². The van der Waals surface area contributed by atoms with E-state index in [-0.39, 0.29) is 11.5 Å². The topological polar surface area (TPSA) is 92.2 Å². The predicted molar refractivity (Wildman–Crippen MR) is 78.0 cm³/mol. The zero-order valence-electron chi connectivity index (χ0n) is 11.2. The van der Waals surface area contributed by atoms with Crippen molar-refractivity contribution in [2.24, 2.45) is 0 Å². The third-order valence-corrected chi connectivity index (χ3v) is 3.83. The largest absolute Gasteiger partial charge is 0.384 e. The van der Waals surface area contributed by atoms with E-state index in [4.69, 9.17) is 5.11 Å². The number of sulfonamides is 1. The molecule has 2 heterocycles. The molecule has 0 aliphatic rings. The molecular formula is C14H13N3O3S. The maximum atomic E-state index is 12.3. The van der Waals surface area contributed by atoms with Gasteiger partial charge in [0, 0.05) is 29.8 Å². The Bertz CT molecular complexity index is 807. The van der Waals surface area contributed by atoms with Gasteiger partial charge in [0.1, 0.15) is 11.5 Å². The van der Waals surface area contributed by atoms with Crippen LogP contribution in [0.1, 0.15) is 11.3 Å². The van der Waals surface area contributed by atoms with Gasteiger partial charge in [-0.15, -0.1) is 0 Å². The van der Waals surface area contributed by atoms with Crippen molar-refractivity contribution in [1.29, 1.82) is 0 Å². The summed E-state index contributed by atoms with van der Waals surface area (Å²) in [7, 11) is -3.75. The van der Waals surface area contributed by atoms with Crippen molar-refractivity contribution in [2.75, 3.05) is 11.3 Å². The number of hydrogen-bond acceptors (Lipinski definition) is 5. The zero-order chi connectivity index (χ0) is 15.3. The first-order valence-corrected chi connectivity index (χ1v) is 7.50. The van der Waals surface area contributed by atoms with Gasteiger partial charge in [0.2, 0.25) is 0 Å². The summed E-state index contributed by atoms with van der Waals surface area (Å²) in [5.74, 6) is 5.06. The molecule has 0 aliphatic heterocycles. The first-order valence-electron chi connectivity index (χ1n) is 6.01. The Labute approximate surface area is 122 Å². The lowest BCUT2D eigenvalue weighted by atomic mass is 10.3. The van der Waals surface area contributed by atoms with Crippen molar-refractivity contribution in [1.82, 2.24) is 9.97 Å². The molecule has 0 aromatic carbocycles. The minimum absolute atomic E-state index is 0.00158. The number of hydrogen-bond donors (Lipinski definition) is 2. The highest BCUT2D eigenvalue weighted by Crippen LogP contribution is 2.16. The lowest BCUT2D eigenvalue weighted by Crippen LogP contribution is -2.13. The average Bonchev–Trinajstić information content (AvgIpc) is 2.45. The molecule has 7 heteroatoms. The number of nitrogens with one attached hydrogen (secondary N) is 1. The highest BCUT2D eigenvalue weighted by molar-refractivity contribution is 7.92. The van der Waals surface area contributed by atoms with Crippen LogP contribution in [0.5, 0.6) is 0 Å². The molecule has 0 spiro atoms. The Morgan fingerprint density at radius 3 is 2.86 bits per heavy atom. The number of aliphatic hydroxyl groups is 1. The van der Waals surface area contributed by atoms with Gasteiger partial charge < -0.3 is 5.11 Å². The van der Waals surface area contributed by atoms with E-state index >= 15 is 0 Å². The summed E-state index contributed by atoms with van der Waals surface area (Å²) in [6.45, 7) is 1.47. The van der Waals surface area contributed by atoms with E-state index in [1.54, 1.807) is 19.1 Å². The molecule has 2 N–H and O–H groups in total. The van der Waals surface area contributed by atoms with E-state index in [2.05, 4.69) is 26.5 Å². The second-order valence-corrected chi connectivity index (χ2v) is 5.84. The number of pyridine rings is 2. The monoisotopic (exact) mass is 303 g/mol. The van der Waals surface area contributed by atoms with E-state index in [0.29, 0.717) is 16.9 Å². The summed E-state index contributed by atoms with van der Waals surface area (Å²) in [5.41, 5.74) is 1.54. The molecule has 2 aromatic rings. The first-order chi connectivity index (χ1) is 10.0. The Morgan fingerprint density at radius 2 is 2.14 bits per heavy atom. The molecule has 0 radical (unpaired) electrons. The maximum Gasteiger partial charge on any atom is 0.263 e. The molecule has 0 bridgehead atoms. The van der Waals surface area contributed by atoms with Crippen molar-refractivity contribution >= 4 is 15.7 Å². The van der Waals surface area contributed by atoms with E-state index < -0.39 is 10.0 Å². The van der Waals surface area contributed by atoms with Gasteiger partial charge in [0.05, 0.1) is 5.69 Å². The zero-order valence-corrected chi connectivity index (χ0v) is 12.1. The van der Waals surface area contributed by atoms with Crippen molar-refractivity contribution in [2.45, 2.75) is 11.8 Å². The quantitative estimate of drug-likeness (QED) is 0.823. The Morgan fingerprint density at radius 1 is 1.33 bits per heavy atom. The standard InChI is InChI=1S/C14H13N3O3S/c1-11-7-13(4-5-16-11)17-21(19,20)14-8-12(3-2-6-18)9-15-10-14/h4-5,7-10,18H,6H2,1H3,(H,16,17). The number of rotatable bonds is 3. The molecule has 6 nitrogen and oxygen atoms in total. The van der Waals surface area contributed by atoms with Crippen molar-refractivity contribution in [3.8, 4) is 11.8 Å². The van der Waals surface area contributed by atoms with Crippen LogP contribution in [0.3, 0.4) is 0 Å². The van der Waals surface area contributed by atoms with Crippen LogP contribution in [0.15, 0.2) is 41.7 Å². The Hall–Kier alpha value is -2.43. The summed E-state index contributed by atoms with van der Waals surface area (Å²) in [5, 5.41) is 8.65. The molecule has 0 unspecified atom stereocenters. The highest BCUT2D eigenvalue weighted by Gasteiger charge is 2.15. The van der Waals surface area contributed by atoms with Gasteiger partial charge in [0.25, 0.3) is 10.0 Å². The van der Waals surface area contributed by atoms with E-state index in [0.717, 1.165) is 0 Å². The number of aliphatic hydroxyl groups excluding tert-OH is 1. The van der Waals surface area contributed by atoms with Crippen LogP contribution >= 0.6 is 0 Å². The van der Waals surface area contributed by atoms with Crippen LogP contribution in [0.2, 0.25) is 0 Å². The minimum Gasteiger partial charge on any atom is -0.384 e. The number of anilines is 1. The van der Waals surface area contributed by atoms with E-state index in [9.17, 15) is 8.42 Å². The van der Waals surface area contributed by atoms with Gasteiger partial charge >= 0.3 is 0 Å². The third kappa shape index (κ3) is 4.02. The Balaban J connectivity index is 2.31. The fraction of sp³-hybridized carbons (Fsp3) is 0.143. The highest BCUT2D eigenvalue weighted by atomic mass is 32.2. The fourth-order valence-corrected chi connectivity index (χ4v) is 2.64. The lowest BCUT2D eigenvalue weighted by Gasteiger charge is -2.08. The van der Waals surface area contributed by atoms with Crippen LogP contribution in [0.4, 0.5) is 5.69 Å². The van der Waals surface area contributed by atoms with Gasteiger partial charge in [0.15, 0.2) is 0 Å². The first kappa shape index (κ1) is 15.0. The van der Waals surface area contributed by atoms with Gasteiger partial charge in [-0.1, -0.05) is 11.8 Å². The number of nitrogens with zero attached hydrogens (tertiary/aromatic N) is 2. The van der Waals surface area contributed by atoms with Crippen LogP contribution < -0.4 is 4.72 Å². The summed E-state index contributed by atoms with van der Waals surface area (Å²) in [4.78, 5) is 7.85. The molecule has 2 rings (SSSR count). The molecule has 0 atom stereocenters. The minimum atomic E-state index is -3.75. The van der Waals surface area contributed by atoms with E-state index in [1.165, 1.54) is 24.7 Å². The fourth-order valence-electron chi connectivity index (χ4n) is 1.60. The van der Waals surface area contributed by atoms with Gasteiger partial charge in [-0.05, 0) is 25.1 Å². The van der Waals surface area contributed by atoms with Crippen LogP contribution in [-0.4, -0.2) is 30.1 Å².